The SMILES string of the molecule is CCOC(=O)C[C@H]1CCCCN1Cc1nc(N2CCN(C(=O)c3ccco3)CC2)c2ccccc2n1. The number of esters is 1. The fourth-order valence-corrected chi connectivity index (χ4v) is 5.19. The van der Waals surface area contributed by atoms with Crippen LogP contribution in [0.1, 0.15) is 49.0 Å². The number of carbonyl (C=O) groups is 2. The lowest BCUT2D eigenvalue weighted by Crippen LogP contribution is -2.49. The monoisotopic (exact) mass is 491 g/mol. The van der Waals surface area contributed by atoms with Gasteiger partial charge in [-0.3, -0.25) is 14.5 Å². The molecular weight excluding hydrogens is 458 g/mol. The number of carbonyl (C=O) groups excluding carboxylic acids is 2. The van der Waals surface area contributed by atoms with E-state index in [0.29, 0.717) is 51.5 Å². The number of hydrogen-bond donors (Lipinski definition) is 0. The maximum Gasteiger partial charge on any atom is 0.307 e. The van der Waals surface area contributed by atoms with Crippen LogP contribution in [0.2, 0.25) is 0 Å². The van der Waals surface area contributed by atoms with Crippen molar-refractivity contribution in [2.24, 2.45) is 0 Å². The molecule has 0 spiro atoms. The summed E-state index contributed by atoms with van der Waals surface area (Å²) in [5, 5.41) is 1.01. The topological polar surface area (TPSA) is 92.0 Å². The Balaban J connectivity index is 1.34. The van der Waals surface area contributed by atoms with E-state index in [1.807, 2.05) is 30.0 Å². The summed E-state index contributed by atoms with van der Waals surface area (Å²) < 4.78 is 10.5. The van der Waals surface area contributed by atoms with Gasteiger partial charge in [-0.05, 0) is 50.6 Å². The van der Waals surface area contributed by atoms with Gasteiger partial charge < -0.3 is 19.0 Å². The molecule has 2 aliphatic rings. The molecular formula is C27H33N5O4. The minimum absolute atomic E-state index is 0.0781. The van der Waals surface area contributed by atoms with Crippen LogP contribution in [0.15, 0.2) is 47.1 Å². The first-order chi connectivity index (χ1) is 17.6. The predicted molar refractivity (Wildman–Crippen MR) is 136 cm³/mol. The predicted octanol–water partition coefficient (Wildman–Crippen LogP) is 3.49. The molecule has 0 N–H and O–H groups in total. The highest BCUT2D eigenvalue weighted by molar-refractivity contribution is 5.92. The first kappa shape index (κ1) is 24.2. The van der Waals surface area contributed by atoms with Crippen molar-refractivity contribution in [1.82, 2.24) is 19.8 Å². The molecule has 2 aromatic heterocycles. The molecule has 9 nitrogen and oxygen atoms in total. The van der Waals surface area contributed by atoms with Crippen LogP contribution in [0.4, 0.5) is 5.82 Å². The van der Waals surface area contributed by atoms with E-state index in [1.165, 1.54) is 6.26 Å². The molecule has 9 heteroatoms. The smallest absolute Gasteiger partial charge is 0.307 e. The third-order valence-electron chi connectivity index (χ3n) is 7.03. The van der Waals surface area contributed by atoms with E-state index in [4.69, 9.17) is 19.1 Å². The standard InChI is InChI=1S/C27H33N5O4/c1-2-35-25(33)18-20-8-5-6-12-32(20)19-24-28-22-10-4-3-9-21(22)26(29-24)30-13-15-31(16-14-30)27(34)23-11-7-17-36-23/h3-4,7,9-11,17,20H,2,5-6,8,12-16,18-19H2,1H3/t20-/m1/s1. The lowest BCUT2D eigenvalue weighted by atomic mass is 9.99. The maximum atomic E-state index is 12.7. The fourth-order valence-electron chi connectivity index (χ4n) is 5.19. The number of piperazine rings is 1. The van der Waals surface area contributed by atoms with Crippen LogP contribution in [-0.2, 0) is 16.1 Å². The zero-order chi connectivity index (χ0) is 24.9. The van der Waals surface area contributed by atoms with E-state index in [1.54, 1.807) is 12.1 Å². The van der Waals surface area contributed by atoms with Crippen molar-refractivity contribution in [2.75, 3.05) is 44.2 Å². The number of amides is 1. The van der Waals surface area contributed by atoms with Gasteiger partial charge in [-0.15, -0.1) is 0 Å². The number of furan rings is 1. The van der Waals surface area contributed by atoms with Gasteiger partial charge in [0.2, 0.25) is 0 Å². The Bertz CT molecular complexity index is 1190. The molecule has 0 radical (unpaired) electrons. The summed E-state index contributed by atoms with van der Waals surface area (Å²) in [6, 6.07) is 11.7. The zero-order valence-electron chi connectivity index (χ0n) is 20.8. The number of benzene rings is 1. The highest BCUT2D eigenvalue weighted by Gasteiger charge is 2.28. The van der Waals surface area contributed by atoms with E-state index >= 15 is 0 Å². The summed E-state index contributed by atoms with van der Waals surface area (Å²) in [7, 11) is 0. The van der Waals surface area contributed by atoms with Crippen molar-refractivity contribution in [3.05, 3.63) is 54.2 Å². The van der Waals surface area contributed by atoms with Crippen LogP contribution in [-0.4, -0.2) is 77.0 Å². The van der Waals surface area contributed by atoms with Gasteiger partial charge in [0.25, 0.3) is 5.91 Å². The Morgan fingerprint density at radius 3 is 2.64 bits per heavy atom. The number of nitrogens with zero attached hydrogens (tertiary/aromatic N) is 5. The van der Waals surface area contributed by atoms with E-state index in [-0.39, 0.29) is 17.9 Å². The van der Waals surface area contributed by atoms with Gasteiger partial charge in [0, 0.05) is 37.6 Å². The minimum atomic E-state index is -0.142. The largest absolute Gasteiger partial charge is 0.466 e. The quantitative estimate of drug-likeness (QED) is 0.464. The zero-order valence-corrected chi connectivity index (χ0v) is 20.8. The summed E-state index contributed by atoms with van der Waals surface area (Å²) in [5.74, 6) is 1.81. The number of aromatic nitrogens is 2. The van der Waals surface area contributed by atoms with Crippen molar-refractivity contribution < 1.29 is 18.7 Å². The first-order valence-corrected chi connectivity index (χ1v) is 12.9. The Hall–Kier alpha value is -3.46. The minimum Gasteiger partial charge on any atom is -0.466 e. The molecule has 0 unspecified atom stereocenters. The molecule has 0 bridgehead atoms. The van der Waals surface area contributed by atoms with Crippen LogP contribution in [0.3, 0.4) is 0 Å². The van der Waals surface area contributed by atoms with E-state index in [0.717, 1.165) is 48.4 Å². The van der Waals surface area contributed by atoms with Gasteiger partial charge in [-0.2, -0.15) is 0 Å². The number of hydrogen-bond acceptors (Lipinski definition) is 8. The number of likely N-dealkylation sites (tertiary alicyclic amines) is 1. The van der Waals surface area contributed by atoms with E-state index in [9.17, 15) is 9.59 Å². The number of ether oxygens (including phenoxy) is 1. The van der Waals surface area contributed by atoms with Crippen LogP contribution in [0.25, 0.3) is 10.9 Å². The second kappa shape index (κ2) is 11.1. The molecule has 5 rings (SSSR count). The van der Waals surface area contributed by atoms with Crippen molar-refractivity contribution in [3.8, 4) is 0 Å². The Labute approximate surface area is 211 Å². The van der Waals surface area contributed by atoms with Gasteiger partial charge in [-0.1, -0.05) is 18.6 Å². The molecule has 2 fully saturated rings. The summed E-state index contributed by atoms with van der Waals surface area (Å²) in [6.45, 7) is 6.32. The molecule has 2 aliphatic heterocycles. The van der Waals surface area contributed by atoms with Crippen LogP contribution in [0, 0.1) is 0 Å². The molecule has 0 aliphatic carbocycles. The summed E-state index contributed by atoms with van der Waals surface area (Å²) >= 11 is 0. The Morgan fingerprint density at radius 1 is 1.03 bits per heavy atom. The Morgan fingerprint density at radius 2 is 1.86 bits per heavy atom. The molecule has 1 aromatic carbocycles. The van der Waals surface area contributed by atoms with Crippen molar-refractivity contribution >= 4 is 28.6 Å². The lowest BCUT2D eigenvalue weighted by molar-refractivity contribution is -0.145. The highest BCUT2D eigenvalue weighted by Crippen LogP contribution is 2.27. The third-order valence-corrected chi connectivity index (χ3v) is 7.03. The number of rotatable bonds is 7. The molecule has 190 valence electrons. The molecule has 4 heterocycles. The number of anilines is 1. The molecule has 1 atom stereocenters. The lowest BCUT2D eigenvalue weighted by Gasteiger charge is -2.36. The van der Waals surface area contributed by atoms with Gasteiger partial charge in [-0.25, -0.2) is 9.97 Å². The molecule has 0 saturated carbocycles. The van der Waals surface area contributed by atoms with Crippen LogP contribution >= 0.6 is 0 Å². The molecule has 1 amide bonds. The van der Waals surface area contributed by atoms with Gasteiger partial charge >= 0.3 is 5.97 Å². The number of fused-ring (bicyclic) bond motifs is 1. The normalized spacial score (nSPS) is 19.0. The van der Waals surface area contributed by atoms with Crippen LogP contribution < -0.4 is 4.90 Å². The number of para-hydroxylation sites is 1. The van der Waals surface area contributed by atoms with E-state index in [2.05, 4.69) is 15.9 Å². The summed E-state index contributed by atoms with van der Waals surface area (Å²) in [6.07, 6.45) is 5.12. The second-order valence-corrected chi connectivity index (χ2v) is 9.37. The van der Waals surface area contributed by atoms with Gasteiger partial charge in [0.05, 0.1) is 31.4 Å². The average molecular weight is 492 g/mol. The third kappa shape index (κ3) is 5.36. The van der Waals surface area contributed by atoms with Gasteiger partial charge in [0.1, 0.15) is 11.6 Å². The van der Waals surface area contributed by atoms with E-state index < -0.39 is 0 Å². The van der Waals surface area contributed by atoms with Crippen molar-refractivity contribution in [2.45, 2.75) is 45.2 Å². The second-order valence-electron chi connectivity index (χ2n) is 9.37. The average Bonchev–Trinajstić information content (AvgIpc) is 3.44. The molecule has 3 aromatic rings. The van der Waals surface area contributed by atoms with Crippen molar-refractivity contribution in [3.63, 3.8) is 0 Å². The maximum absolute atomic E-state index is 12.7. The van der Waals surface area contributed by atoms with Crippen LogP contribution in [0.5, 0.6) is 0 Å². The molecule has 2 saturated heterocycles. The Kier molecular flexibility index (Phi) is 7.46. The summed E-state index contributed by atoms with van der Waals surface area (Å²) in [5.41, 5.74) is 0.908. The summed E-state index contributed by atoms with van der Waals surface area (Å²) in [4.78, 5) is 41.2. The van der Waals surface area contributed by atoms with Gasteiger partial charge in [0.15, 0.2) is 5.76 Å². The first-order valence-electron chi connectivity index (χ1n) is 12.9. The molecule has 36 heavy (non-hydrogen) atoms. The number of piperidine rings is 1. The highest BCUT2D eigenvalue weighted by atomic mass is 16.5. The fraction of sp³-hybridized carbons (Fsp3) is 0.481. The van der Waals surface area contributed by atoms with Crippen molar-refractivity contribution in [1.29, 1.82) is 0 Å².